The van der Waals surface area contributed by atoms with E-state index in [0.717, 1.165) is 0 Å². The van der Waals surface area contributed by atoms with Crippen molar-refractivity contribution >= 4 is 17.5 Å². The topological polar surface area (TPSA) is 55.1 Å². The van der Waals surface area contributed by atoms with Gasteiger partial charge in [-0.25, -0.2) is 8.78 Å². The van der Waals surface area contributed by atoms with Gasteiger partial charge < -0.3 is 11.1 Å². The maximum Gasteiger partial charge on any atom is 0.277 e. The van der Waals surface area contributed by atoms with Crippen LogP contribution in [0.4, 0.5) is 8.78 Å². The van der Waals surface area contributed by atoms with Crippen molar-refractivity contribution in [3.05, 3.63) is 34.9 Å². The van der Waals surface area contributed by atoms with Gasteiger partial charge in [-0.15, -0.1) is 0 Å². The fraction of sp³-hybridized carbons (Fsp3) is 0.500. The second-order valence-electron chi connectivity index (χ2n) is 5.05. The average Bonchev–Trinajstić information content (AvgIpc) is 2.36. The number of alkyl halides is 2. The first-order valence-corrected chi connectivity index (χ1v) is 6.75. The lowest BCUT2D eigenvalue weighted by molar-refractivity contribution is -0.125. The monoisotopic (exact) mass is 304 g/mol. The third-order valence-corrected chi connectivity index (χ3v) is 3.21. The zero-order chi connectivity index (χ0) is 15.3. The van der Waals surface area contributed by atoms with Crippen molar-refractivity contribution in [2.75, 3.05) is 13.1 Å². The summed E-state index contributed by atoms with van der Waals surface area (Å²) in [6, 6.07) is 6.86. The number of hydrogen-bond donors (Lipinski definition) is 2. The van der Waals surface area contributed by atoms with Crippen molar-refractivity contribution < 1.29 is 13.6 Å². The van der Waals surface area contributed by atoms with Gasteiger partial charge in [0.2, 0.25) is 5.91 Å². The van der Waals surface area contributed by atoms with Crippen LogP contribution >= 0.6 is 11.6 Å². The summed E-state index contributed by atoms with van der Waals surface area (Å²) in [5, 5.41) is 2.77. The minimum absolute atomic E-state index is 0.0417. The van der Waals surface area contributed by atoms with Crippen LogP contribution in [-0.4, -0.2) is 24.9 Å². The first-order valence-electron chi connectivity index (χ1n) is 6.38. The molecule has 1 atom stereocenters. The third-order valence-electron chi connectivity index (χ3n) is 2.98. The number of amides is 1. The molecule has 112 valence electrons. The zero-order valence-electron chi connectivity index (χ0n) is 11.5. The van der Waals surface area contributed by atoms with E-state index in [1.807, 2.05) is 13.8 Å². The fourth-order valence-corrected chi connectivity index (χ4v) is 2.14. The summed E-state index contributed by atoms with van der Waals surface area (Å²) in [5.41, 5.74) is 5.65. The van der Waals surface area contributed by atoms with Crippen molar-refractivity contribution in [1.82, 2.24) is 5.32 Å². The number of benzene rings is 1. The van der Waals surface area contributed by atoms with Crippen molar-refractivity contribution in [1.29, 1.82) is 0 Å². The van der Waals surface area contributed by atoms with Gasteiger partial charge >= 0.3 is 0 Å². The summed E-state index contributed by atoms with van der Waals surface area (Å²) >= 11 is 5.90. The molecule has 1 unspecified atom stereocenters. The van der Waals surface area contributed by atoms with Crippen LogP contribution in [-0.2, 0) is 4.79 Å². The van der Waals surface area contributed by atoms with E-state index in [4.69, 9.17) is 17.3 Å². The Balaban J connectivity index is 2.84. The Morgan fingerprint density at radius 1 is 1.45 bits per heavy atom. The van der Waals surface area contributed by atoms with E-state index in [1.165, 1.54) is 0 Å². The molecule has 0 radical (unpaired) electrons. The van der Waals surface area contributed by atoms with E-state index < -0.39 is 30.8 Å². The second kappa shape index (κ2) is 6.99. The number of rotatable bonds is 6. The van der Waals surface area contributed by atoms with Crippen molar-refractivity contribution in [3.8, 4) is 0 Å². The lowest BCUT2D eigenvalue weighted by Gasteiger charge is -2.22. The molecule has 0 aliphatic heterocycles. The molecule has 1 amide bonds. The molecule has 0 aromatic heterocycles. The molecule has 1 rings (SSSR count). The van der Waals surface area contributed by atoms with Crippen LogP contribution in [0.5, 0.6) is 0 Å². The van der Waals surface area contributed by atoms with E-state index >= 15 is 0 Å². The highest BCUT2D eigenvalue weighted by molar-refractivity contribution is 6.30. The Morgan fingerprint density at radius 2 is 2.10 bits per heavy atom. The Hall–Kier alpha value is -1.20. The molecule has 6 heteroatoms. The highest BCUT2D eigenvalue weighted by Gasteiger charge is 2.30. The van der Waals surface area contributed by atoms with Crippen LogP contribution in [0.1, 0.15) is 25.3 Å². The molecular weight excluding hydrogens is 286 g/mol. The molecule has 0 saturated heterocycles. The molecule has 0 bridgehead atoms. The first-order chi connectivity index (χ1) is 9.26. The minimum Gasteiger partial charge on any atom is -0.349 e. The van der Waals surface area contributed by atoms with Crippen molar-refractivity contribution in [2.24, 2.45) is 11.7 Å². The molecule has 0 aliphatic carbocycles. The van der Waals surface area contributed by atoms with Crippen LogP contribution < -0.4 is 11.1 Å². The number of halogens is 3. The molecule has 20 heavy (non-hydrogen) atoms. The maximum absolute atomic E-state index is 13.1. The number of hydrogen-bond acceptors (Lipinski definition) is 2. The van der Waals surface area contributed by atoms with Crippen LogP contribution in [0, 0.1) is 5.92 Å². The standard InChI is InChI=1S/C14H19ClF2N2O/c1-9(2)12(10-4-3-5-11(15)6-10)13(20)19-8-14(16,17)7-18/h3-6,9,12H,7-8,18H2,1-2H3,(H,19,20). The normalized spacial score (nSPS) is 13.3. The Labute approximate surface area is 122 Å². The summed E-state index contributed by atoms with van der Waals surface area (Å²) < 4.78 is 26.2. The molecule has 0 aliphatic rings. The van der Waals surface area contributed by atoms with Crippen LogP contribution in [0.3, 0.4) is 0 Å². The Morgan fingerprint density at radius 3 is 2.60 bits per heavy atom. The lowest BCUT2D eigenvalue weighted by Crippen LogP contribution is -2.43. The highest BCUT2D eigenvalue weighted by Crippen LogP contribution is 2.27. The quantitative estimate of drug-likeness (QED) is 0.849. The molecule has 0 spiro atoms. The number of carbonyl (C=O) groups is 1. The Kier molecular flexibility index (Phi) is 5.89. The molecule has 1 aromatic rings. The number of nitrogens with two attached hydrogens (primary N) is 1. The van der Waals surface area contributed by atoms with E-state index in [2.05, 4.69) is 5.32 Å². The fourth-order valence-electron chi connectivity index (χ4n) is 1.94. The van der Waals surface area contributed by atoms with E-state index in [0.29, 0.717) is 10.6 Å². The summed E-state index contributed by atoms with van der Waals surface area (Å²) in [6.45, 7) is 2.15. The van der Waals surface area contributed by atoms with Gasteiger partial charge in [-0.3, -0.25) is 4.79 Å². The van der Waals surface area contributed by atoms with Gasteiger partial charge in [-0.05, 0) is 23.6 Å². The maximum atomic E-state index is 13.1. The van der Waals surface area contributed by atoms with Gasteiger partial charge in [0, 0.05) is 5.02 Å². The summed E-state index contributed by atoms with van der Waals surface area (Å²) in [4.78, 5) is 12.1. The van der Waals surface area contributed by atoms with Crippen LogP contribution in [0.2, 0.25) is 5.02 Å². The van der Waals surface area contributed by atoms with Crippen LogP contribution in [0.15, 0.2) is 24.3 Å². The SMILES string of the molecule is CC(C)C(C(=O)NCC(F)(F)CN)c1cccc(Cl)c1. The predicted molar refractivity (Wildman–Crippen MR) is 76.0 cm³/mol. The molecule has 0 heterocycles. The van der Waals surface area contributed by atoms with Gasteiger partial charge in [-0.2, -0.15) is 0 Å². The molecule has 1 aromatic carbocycles. The average molecular weight is 305 g/mol. The van der Waals surface area contributed by atoms with E-state index in [1.54, 1.807) is 24.3 Å². The molecular formula is C14H19ClF2N2O. The van der Waals surface area contributed by atoms with Gasteiger partial charge in [0.15, 0.2) is 0 Å². The highest BCUT2D eigenvalue weighted by atomic mass is 35.5. The number of carbonyl (C=O) groups excluding carboxylic acids is 1. The molecule has 0 fully saturated rings. The summed E-state index contributed by atoms with van der Waals surface area (Å²) in [5.74, 6) is -4.11. The Bertz CT molecular complexity index is 466. The summed E-state index contributed by atoms with van der Waals surface area (Å²) in [7, 11) is 0. The van der Waals surface area contributed by atoms with Gasteiger partial charge in [0.05, 0.1) is 19.0 Å². The number of nitrogens with one attached hydrogen (secondary N) is 1. The minimum atomic E-state index is -3.09. The third kappa shape index (κ3) is 4.72. The largest absolute Gasteiger partial charge is 0.349 e. The molecule has 3 nitrogen and oxygen atoms in total. The molecule has 3 N–H and O–H groups in total. The van der Waals surface area contributed by atoms with E-state index in [-0.39, 0.29) is 5.92 Å². The van der Waals surface area contributed by atoms with Gasteiger partial charge in [0.1, 0.15) is 0 Å². The first kappa shape index (κ1) is 16.9. The second-order valence-corrected chi connectivity index (χ2v) is 5.49. The molecule has 0 saturated carbocycles. The summed E-state index contributed by atoms with van der Waals surface area (Å²) in [6.07, 6.45) is 0. The smallest absolute Gasteiger partial charge is 0.277 e. The van der Waals surface area contributed by atoms with Crippen molar-refractivity contribution in [3.63, 3.8) is 0 Å². The van der Waals surface area contributed by atoms with Crippen LogP contribution in [0.25, 0.3) is 0 Å². The van der Waals surface area contributed by atoms with Gasteiger partial charge in [0.25, 0.3) is 5.92 Å². The predicted octanol–water partition coefficient (Wildman–Crippen LogP) is 2.79. The van der Waals surface area contributed by atoms with Gasteiger partial charge in [-0.1, -0.05) is 37.6 Å². The lowest BCUT2D eigenvalue weighted by atomic mass is 9.87. The van der Waals surface area contributed by atoms with Crippen molar-refractivity contribution in [2.45, 2.75) is 25.7 Å². The zero-order valence-corrected chi connectivity index (χ0v) is 12.3. The van der Waals surface area contributed by atoms with E-state index in [9.17, 15) is 13.6 Å².